The van der Waals surface area contributed by atoms with Crippen molar-refractivity contribution in [3.05, 3.63) is 35.6 Å². The molecule has 128 valence electrons. The summed E-state index contributed by atoms with van der Waals surface area (Å²) in [5, 5.41) is 0. The van der Waals surface area contributed by atoms with E-state index in [1.807, 2.05) is 17.2 Å². The third-order valence-electron chi connectivity index (χ3n) is 4.45. The van der Waals surface area contributed by atoms with Gasteiger partial charge in [-0.1, -0.05) is 12.1 Å². The highest BCUT2D eigenvalue weighted by Gasteiger charge is 2.27. The molecule has 2 N–H and O–H groups in total. The van der Waals surface area contributed by atoms with Crippen molar-refractivity contribution in [3.63, 3.8) is 0 Å². The number of thioether (sulfide) groups is 1. The number of carbonyl (C=O) groups excluding carboxylic acids is 1. The number of amides is 1. The predicted molar refractivity (Wildman–Crippen MR) is 93.9 cm³/mol. The molecule has 1 saturated heterocycles. The lowest BCUT2D eigenvalue weighted by molar-refractivity contribution is -0.134. The fraction of sp³-hybridized carbons (Fsp3) is 0.588. The van der Waals surface area contributed by atoms with Crippen molar-refractivity contribution >= 4 is 17.7 Å². The molecule has 4 nitrogen and oxygen atoms in total. The van der Waals surface area contributed by atoms with Crippen molar-refractivity contribution in [2.24, 2.45) is 5.73 Å². The largest absolute Gasteiger partial charge is 0.339 e. The topological polar surface area (TPSA) is 49.6 Å². The number of halogens is 1. The molecule has 1 aliphatic rings. The summed E-state index contributed by atoms with van der Waals surface area (Å²) in [4.78, 5) is 16.5. The number of nitrogens with two attached hydrogens (primary N) is 1. The number of rotatable bonds is 6. The van der Waals surface area contributed by atoms with Gasteiger partial charge in [0.25, 0.3) is 0 Å². The molecule has 0 radical (unpaired) electrons. The lowest BCUT2D eigenvalue weighted by Crippen LogP contribution is -2.53. The van der Waals surface area contributed by atoms with Crippen LogP contribution in [0.3, 0.4) is 0 Å². The van der Waals surface area contributed by atoms with Crippen LogP contribution in [0.25, 0.3) is 0 Å². The van der Waals surface area contributed by atoms with Crippen LogP contribution in [0.2, 0.25) is 0 Å². The summed E-state index contributed by atoms with van der Waals surface area (Å²) < 4.78 is 13.4. The van der Waals surface area contributed by atoms with E-state index in [0.29, 0.717) is 13.1 Å². The van der Waals surface area contributed by atoms with E-state index in [9.17, 15) is 9.18 Å². The van der Waals surface area contributed by atoms with E-state index < -0.39 is 6.04 Å². The summed E-state index contributed by atoms with van der Waals surface area (Å²) in [7, 11) is 0. The minimum absolute atomic E-state index is 0.0529. The van der Waals surface area contributed by atoms with Crippen LogP contribution in [0.15, 0.2) is 24.3 Å². The number of hydrogen-bond donors (Lipinski definition) is 1. The Morgan fingerprint density at radius 2 is 2.04 bits per heavy atom. The molecule has 0 bridgehead atoms. The van der Waals surface area contributed by atoms with E-state index in [-0.39, 0.29) is 17.8 Å². The van der Waals surface area contributed by atoms with Crippen LogP contribution in [0.5, 0.6) is 0 Å². The Hall–Kier alpha value is -1.11. The summed E-state index contributed by atoms with van der Waals surface area (Å²) in [6, 6.07) is 6.49. The van der Waals surface area contributed by atoms with Gasteiger partial charge in [-0.25, -0.2) is 4.39 Å². The monoisotopic (exact) mass is 339 g/mol. The molecule has 0 aliphatic carbocycles. The molecular weight excluding hydrogens is 313 g/mol. The van der Waals surface area contributed by atoms with Crippen LogP contribution in [0, 0.1) is 5.82 Å². The summed E-state index contributed by atoms with van der Waals surface area (Å²) in [5.74, 6) is 0.753. The molecular formula is C17H26FN3OS. The second-order valence-corrected chi connectivity index (χ2v) is 6.97. The van der Waals surface area contributed by atoms with Crippen LogP contribution < -0.4 is 5.73 Å². The summed E-state index contributed by atoms with van der Waals surface area (Å²) >= 11 is 1.71. The molecule has 0 saturated carbocycles. The van der Waals surface area contributed by atoms with E-state index in [1.165, 1.54) is 6.07 Å². The van der Waals surface area contributed by atoms with Gasteiger partial charge in [-0.2, -0.15) is 11.8 Å². The van der Waals surface area contributed by atoms with Gasteiger partial charge in [0.2, 0.25) is 5.91 Å². The average molecular weight is 339 g/mol. The highest BCUT2D eigenvalue weighted by Crippen LogP contribution is 2.22. The highest BCUT2D eigenvalue weighted by molar-refractivity contribution is 7.98. The van der Waals surface area contributed by atoms with Crippen molar-refractivity contribution in [2.75, 3.05) is 38.2 Å². The van der Waals surface area contributed by atoms with Crippen molar-refractivity contribution in [3.8, 4) is 0 Å². The van der Waals surface area contributed by atoms with Crippen LogP contribution in [0.4, 0.5) is 4.39 Å². The quantitative estimate of drug-likeness (QED) is 0.862. The van der Waals surface area contributed by atoms with Crippen molar-refractivity contribution in [1.29, 1.82) is 0 Å². The zero-order chi connectivity index (χ0) is 16.8. The van der Waals surface area contributed by atoms with Crippen molar-refractivity contribution in [1.82, 2.24) is 9.80 Å². The van der Waals surface area contributed by atoms with E-state index in [0.717, 1.165) is 30.8 Å². The fourth-order valence-corrected chi connectivity index (χ4v) is 3.40. The van der Waals surface area contributed by atoms with Crippen molar-refractivity contribution < 1.29 is 9.18 Å². The van der Waals surface area contributed by atoms with Gasteiger partial charge >= 0.3 is 0 Å². The Morgan fingerprint density at radius 3 is 2.65 bits per heavy atom. The van der Waals surface area contributed by atoms with Crippen LogP contribution >= 0.6 is 11.8 Å². The third-order valence-corrected chi connectivity index (χ3v) is 5.10. The Balaban J connectivity index is 1.87. The summed E-state index contributed by atoms with van der Waals surface area (Å²) in [6.07, 6.45) is 2.74. The second kappa shape index (κ2) is 8.66. The van der Waals surface area contributed by atoms with Gasteiger partial charge in [0.05, 0.1) is 6.04 Å². The Kier molecular flexibility index (Phi) is 6.87. The molecule has 1 aliphatic heterocycles. The lowest BCUT2D eigenvalue weighted by atomic mass is 10.1. The minimum Gasteiger partial charge on any atom is -0.339 e. The zero-order valence-corrected chi connectivity index (χ0v) is 14.7. The first-order valence-corrected chi connectivity index (χ1v) is 9.45. The molecule has 1 heterocycles. The molecule has 1 fully saturated rings. The molecule has 1 aromatic rings. The maximum absolute atomic E-state index is 13.4. The fourth-order valence-electron chi connectivity index (χ4n) is 2.91. The smallest absolute Gasteiger partial charge is 0.239 e. The Morgan fingerprint density at radius 1 is 1.35 bits per heavy atom. The molecule has 6 heteroatoms. The molecule has 0 unspecified atom stereocenters. The molecule has 1 aromatic carbocycles. The summed E-state index contributed by atoms with van der Waals surface area (Å²) in [6.45, 7) is 5.03. The highest BCUT2D eigenvalue weighted by atomic mass is 32.2. The Bertz CT molecular complexity index is 520. The van der Waals surface area contributed by atoms with E-state index >= 15 is 0 Å². The maximum atomic E-state index is 13.4. The number of benzene rings is 1. The number of nitrogens with zero attached hydrogens (tertiary/aromatic N) is 2. The molecule has 2 atom stereocenters. The van der Waals surface area contributed by atoms with Crippen LogP contribution in [0.1, 0.15) is 24.9 Å². The molecule has 1 amide bonds. The van der Waals surface area contributed by atoms with Crippen molar-refractivity contribution in [2.45, 2.75) is 25.4 Å². The maximum Gasteiger partial charge on any atom is 0.239 e. The van der Waals surface area contributed by atoms with Gasteiger partial charge in [0, 0.05) is 32.2 Å². The minimum atomic E-state index is -0.394. The second-order valence-electron chi connectivity index (χ2n) is 5.98. The molecule has 0 aromatic heterocycles. The van der Waals surface area contributed by atoms with Gasteiger partial charge in [-0.15, -0.1) is 0 Å². The number of carbonyl (C=O) groups is 1. The van der Waals surface area contributed by atoms with E-state index in [2.05, 4.69) is 11.8 Å². The SMILES string of the molecule is CSCC[C@H](N)C(=O)N1CCN([C@@H](C)c2cccc(F)c2)CC1. The first kappa shape index (κ1) is 18.2. The van der Waals surface area contributed by atoms with Gasteiger partial charge < -0.3 is 10.6 Å². The number of piperazine rings is 1. The van der Waals surface area contributed by atoms with Gasteiger partial charge in [-0.05, 0) is 43.0 Å². The summed E-state index contributed by atoms with van der Waals surface area (Å²) in [5.41, 5.74) is 6.95. The van der Waals surface area contributed by atoms with Gasteiger partial charge in [0.1, 0.15) is 5.82 Å². The normalized spacial score (nSPS) is 18.7. The third kappa shape index (κ3) is 4.93. The van der Waals surface area contributed by atoms with Gasteiger partial charge in [0.15, 0.2) is 0 Å². The van der Waals surface area contributed by atoms with Crippen LogP contribution in [-0.2, 0) is 4.79 Å². The van der Waals surface area contributed by atoms with E-state index in [4.69, 9.17) is 5.73 Å². The average Bonchev–Trinajstić information content (AvgIpc) is 2.58. The molecule has 2 rings (SSSR count). The van der Waals surface area contributed by atoms with Gasteiger partial charge in [-0.3, -0.25) is 9.69 Å². The predicted octanol–water partition coefficient (Wildman–Crippen LogP) is 2.11. The Labute approximate surface area is 142 Å². The first-order chi connectivity index (χ1) is 11.0. The zero-order valence-electron chi connectivity index (χ0n) is 13.9. The lowest BCUT2D eigenvalue weighted by Gasteiger charge is -2.39. The first-order valence-electron chi connectivity index (χ1n) is 8.05. The van der Waals surface area contributed by atoms with E-state index in [1.54, 1.807) is 23.9 Å². The molecule has 23 heavy (non-hydrogen) atoms. The standard InChI is InChI=1S/C17H26FN3OS/c1-13(14-4-3-5-15(18)12-14)20-7-9-21(10-8-20)17(22)16(19)6-11-23-2/h3-5,12-13,16H,6-11,19H2,1-2H3/t13-,16-/m0/s1. The van der Waals surface area contributed by atoms with Crippen LogP contribution in [-0.4, -0.2) is 59.9 Å². The molecule has 0 spiro atoms. The number of hydrogen-bond acceptors (Lipinski definition) is 4.